The maximum absolute atomic E-state index is 12.2. The molecule has 6 nitrogen and oxygen atoms in total. The third-order valence-electron chi connectivity index (χ3n) is 4.03. The molecule has 0 aromatic heterocycles. The number of benzene rings is 1. The molecular weight excluding hydrogens is 258 g/mol. The molecule has 0 atom stereocenters. The van der Waals surface area contributed by atoms with Gasteiger partial charge in [-0.15, -0.1) is 0 Å². The third kappa shape index (κ3) is 2.96. The van der Waals surface area contributed by atoms with Crippen LogP contribution in [0.4, 0.5) is 5.69 Å². The number of carbonyl (C=O) groups excluding carboxylic acids is 1. The summed E-state index contributed by atoms with van der Waals surface area (Å²) < 4.78 is 0. The lowest BCUT2D eigenvalue weighted by Gasteiger charge is -2.25. The van der Waals surface area contributed by atoms with E-state index in [1.54, 1.807) is 12.1 Å². The van der Waals surface area contributed by atoms with E-state index in [-0.39, 0.29) is 11.6 Å². The number of nitro groups is 1. The first-order chi connectivity index (χ1) is 9.57. The summed E-state index contributed by atoms with van der Waals surface area (Å²) in [5.74, 6) is -0.00384. The number of hydrogen-bond acceptors (Lipinski definition) is 4. The van der Waals surface area contributed by atoms with E-state index in [0.29, 0.717) is 13.1 Å². The Balaban J connectivity index is 1.94. The van der Waals surface area contributed by atoms with E-state index >= 15 is 0 Å². The fraction of sp³-hybridized carbons (Fsp3) is 0.500. The lowest BCUT2D eigenvalue weighted by Crippen LogP contribution is -2.43. The Morgan fingerprint density at radius 1 is 1.30 bits per heavy atom. The van der Waals surface area contributed by atoms with Crippen LogP contribution in [-0.2, 0) is 11.3 Å². The maximum atomic E-state index is 12.2. The van der Waals surface area contributed by atoms with Crippen LogP contribution in [0.5, 0.6) is 0 Å². The Labute approximate surface area is 117 Å². The van der Waals surface area contributed by atoms with Crippen LogP contribution in [0, 0.1) is 15.5 Å². The van der Waals surface area contributed by atoms with E-state index in [9.17, 15) is 14.9 Å². The van der Waals surface area contributed by atoms with Gasteiger partial charge in [-0.1, -0.05) is 25.0 Å². The quantitative estimate of drug-likeness (QED) is 0.632. The average molecular weight is 277 g/mol. The number of non-ortho nitro benzene ring substituents is 1. The first-order valence-corrected chi connectivity index (χ1v) is 6.79. The number of nitrogens with zero attached hydrogens (tertiary/aromatic N) is 1. The van der Waals surface area contributed by atoms with E-state index in [0.717, 1.165) is 31.2 Å². The number of rotatable bonds is 5. The average Bonchev–Trinajstić information content (AvgIpc) is 2.95. The van der Waals surface area contributed by atoms with Crippen molar-refractivity contribution in [1.82, 2.24) is 5.32 Å². The van der Waals surface area contributed by atoms with Gasteiger partial charge < -0.3 is 11.1 Å². The lowest BCUT2D eigenvalue weighted by molar-refractivity contribution is -0.384. The molecule has 0 heterocycles. The van der Waals surface area contributed by atoms with Crippen molar-refractivity contribution in [3.63, 3.8) is 0 Å². The van der Waals surface area contributed by atoms with Crippen LogP contribution in [0.2, 0.25) is 0 Å². The molecule has 1 aliphatic carbocycles. The molecular formula is C14H19N3O3. The zero-order valence-electron chi connectivity index (χ0n) is 11.3. The van der Waals surface area contributed by atoms with Gasteiger partial charge in [0.2, 0.25) is 5.91 Å². The van der Waals surface area contributed by atoms with Gasteiger partial charge in [0, 0.05) is 25.2 Å². The number of nitrogens with one attached hydrogen (secondary N) is 1. The molecule has 1 saturated carbocycles. The predicted molar refractivity (Wildman–Crippen MR) is 74.9 cm³/mol. The van der Waals surface area contributed by atoms with Crippen molar-refractivity contribution >= 4 is 11.6 Å². The molecule has 1 aliphatic rings. The summed E-state index contributed by atoms with van der Waals surface area (Å²) in [5, 5.41) is 13.4. The molecule has 0 saturated heterocycles. The van der Waals surface area contributed by atoms with E-state index in [1.165, 1.54) is 12.1 Å². The number of nitro benzene ring substituents is 1. The van der Waals surface area contributed by atoms with Gasteiger partial charge in [-0.3, -0.25) is 14.9 Å². The molecule has 1 fully saturated rings. The van der Waals surface area contributed by atoms with Gasteiger partial charge in [-0.25, -0.2) is 0 Å². The van der Waals surface area contributed by atoms with Crippen molar-refractivity contribution < 1.29 is 9.72 Å². The van der Waals surface area contributed by atoms with Crippen molar-refractivity contribution in [2.24, 2.45) is 11.1 Å². The van der Waals surface area contributed by atoms with Crippen LogP contribution < -0.4 is 11.1 Å². The Kier molecular flexibility index (Phi) is 4.34. The van der Waals surface area contributed by atoms with Crippen molar-refractivity contribution in [3.05, 3.63) is 39.9 Å². The molecule has 0 bridgehead atoms. The molecule has 0 unspecified atom stereocenters. The van der Waals surface area contributed by atoms with Crippen LogP contribution in [-0.4, -0.2) is 17.4 Å². The molecule has 2 rings (SSSR count). The van der Waals surface area contributed by atoms with E-state index in [4.69, 9.17) is 5.73 Å². The summed E-state index contributed by atoms with van der Waals surface area (Å²) in [6, 6.07) is 6.19. The van der Waals surface area contributed by atoms with Gasteiger partial charge in [0.1, 0.15) is 0 Å². The minimum Gasteiger partial charge on any atom is -0.352 e. The molecule has 1 aromatic carbocycles. The summed E-state index contributed by atoms with van der Waals surface area (Å²) in [7, 11) is 0. The first-order valence-electron chi connectivity index (χ1n) is 6.79. The predicted octanol–water partition coefficient (Wildman–Crippen LogP) is 1.73. The first kappa shape index (κ1) is 14.5. The molecule has 0 aliphatic heterocycles. The van der Waals surface area contributed by atoms with Crippen LogP contribution in [0.3, 0.4) is 0 Å². The van der Waals surface area contributed by atoms with Crippen molar-refractivity contribution in [3.8, 4) is 0 Å². The summed E-state index contributed by atoms with van der Waals surface area (Å²) in [6.45, 7) is 0.748. The zero-order valence-corrected chi connectivity index (χ0v) is 11.3. The molecule has 1 aromatic rings. The second-order valence-electron chi connectivity index (χ2n) is 5.30. The number of nitrogens with two attached hydrogens (primary N) is 1. The Morgan fingerprint density at radius 3 is 2.40 bits per heavy atom. The van der Waals surface area contributed by atoms with Gasteiger partial charge >= 0.3 is 0 Å². The van der Waals surface area contributed by atoms with Crippen LogP contribution in [0.15, 0.2) is 24.3 Å². The highest BCUT2D eigenvalue weighted by molar-refractivity contribution is 5.83. The highest BCUT2D eigenvalue weighted by Gasteiger charge is 2.39. The normalized spacial score (nSPS) is 16.9. The van der Waals surface area contributed by atoms with E-state index in [1.807, 2.05) is 0 Å². The van der Waals surface area contributed by atoms with Crippen molar-refractivity contribution in [2.45, 2.75) is 32.2 Å². The van der Waals surface area contributed by atoms with Gasteiger partial charge in [0.25, 0.3) is 5.69 Å². The highest BCUT2D eigenvalue weighted by Crippen LogP contribution is 2.37. The van der Waals surface area contributed by atoms with Crippen molar-refractivity contribution in [2.75, 3.05) is 6.54 Å². The minimum absolute atomic E-state index is 0.00384. The summed E-state index contributed by atoms with van der Waals surface area (Å²) in [6.07, 6.45) is 3.77. The Bertz CT molecular complexity index is 493. The summed E-state index contributed by atoms with van der Waals surface area (Å²) >= 11 is 0. The molecule has 20 heavy (non-hydrogen) atoms. The molecule has 3 N–H and O–H groups in total. The fourth-order valence-corrected chi connectivity index (χ4v) is 2.68. The fourth-order valence-electron chi connectivity index (χ4n) is 2.68. The number of hydrogen-bond donors (Lipinski definition) is 2. The third-order valence-corrected chi connectivity index (χ3v) is 4.03. The molecule has 0 radical (unpaired) electrons. The second kappa shape index (κ2) is 6.00. The standard InChI is InChI=1S/C14H19N3O3/c15-10-14(7-1-2-8-14)13(18)16-9-11-3-5-12(6-4-11)17(19)20/h3-6H,1-2,7-10,15H2,(H,16,18). The molecule has 108 valence electrons. The SMILES string of the molecule is NCC1(C(=O)NCc2ccc([N+](=O)[O-])cc2)CCCC1. The Morgan fingerprint density at radius 2 is 1.90 bits per heavy atom. The summed E-state index contributed by atoms with van der Waals surface area (Å²) in [5.41, 5.74) is 6.23. The van der Waals surface area contributed by atoms with Crippen LogP contribution in [0.25, 0.3) is 0 Å². The highest BCUT2D eigenvalue weighted by atomic mass is 16.6. The monoisotopic (exact) mass is 277 g/mol. The zero-order chi connectivity index (χ0) is 14.6. The lowest BCUT2D eigenvalue weighted by atomic mass is 9.85. The number of amides is 1. The van der Waals surface area contributed by atoms with Gasteiger partial charge in [-0.05, 0) is 18.4 Å². The Hall–Kier alpha value is -1.95. The summed E-state index contributed by atoms with van der Waals surface area (Å²) in [4.78, 5) is 22.4. The molecule has 0 spiro atoms. The van der Waals surface area contributed by atoms with Crippen molar-refractivity contribution in [1.29, 1.82) is 0 Å². The van der Waals surface area contributed by atoms with E-state index in [2.05, 4.69) is 5.32 Å². The van der Waals surface area contributed by atoms with E-state index < -0.39 is 10.3 Å². The number of carbonyl (C=O) groups is 1. The largest absolute Gasteiger partial charge is 0.352 e. The van der Waals surface area contributed by atoms with Gasteiger partial charge in [-0.2, -0.15) is 0 Å². The smallest absolute Gasteiger partial charge is 0.269 e. The van der Waals surface area contributed by atoms with Gasteiger partial charge in [0.05, 0.1) is 10.3 Å². The molecule has 6 heteroatoms. The maximum Gasteiger partial charge on any atom is 0.269 e. The van der Waals surface area contributed by atoms with Gasteiger partial charge in [0.15, 0.2) is 0 Å². The topological polar surface area (TPSA) is 98.3 Å². The molecule has 1 amide bonds. The van der Waals surface area contributed by atoms with Crippen LogP contribution in [0.1, 0.15) is 31.2 Å². The minimum atomic E-state index is -0.440. The van der Waals surface area contributed by atoms with Crippen LogP contribution >= 0.6 is 0 Å². The second-order valence-corrected chi connectivity index (χ2v) is 5.30.